The van der Waals surface area contributed by atoms with E-state index >= 15 is 0 Å². The van der Waals surface area contributed by atoms with Crippen LogP contribution in [0.3, 0.4) is 0 Å². The Kier molecular flexibility index (Phi) is 6.27. The zero-order valence-corrected chi connectivity index (χ0v) is 16.8. The molecule has 1 aromatic carbocycles. The van der Waals surface area contributed by atoms with E-state index in [-0.39, 0.29) is 11.9 Å². The van der Waals surface area contributed by atoms with Crippen LogP contribution in [0.4, 0.5) is 5.69 Å². The van der Waals surface area contributed by atoms with Gasteiger partial charge in [0, 0.05) is 64.5 Å². The SMILES string of the molecule is O=C(CCN1CCN(C2CCN(c3ccccc3)C2=O)CC1)N1CCCCC1. The van der Waals surface area contributed by atoms with Crippen LogP contribution in [0.15, 0.2) is 30.3 Å². The Morgan fingerprint density at radius 2 is 1.61 bits per heavy atom. The molecule has 0 bridgehead atoms. The zero-order chi connectivity index (χ0) is 19.3. The number of anilines is 1. The molecule has 0 aromatic heterocycles. The number of amides is 2. The summed E-state index contributed by atoms with van der Waals surface area (Å²) in [6, 6.07) is 9.99. The van der Waals surface area contributed by atoms with Gasteiger partial charge in [0.25, 0.3) is 0 Å². The molecule has 0 saturated carbocycles. The quantitative estimate of drug-likeness (QED) is 0.777. The van der Waals surface area contributed by atoms with Gasteiger partial charge in [-0.05, 0) is 37.8 Å². The van der Waals surface area contributed by atoms with Gasteiger partial charge in [-0.25, -0.2) is 0 Å². The molecule has 1 aromatic rings. The number of piperidine rings is 1. The summed E-state index contributed by atoms with van der Waals surface area (Å²) in [5, 5.41) is 0. The molecule has 3 aliphatic rings. The lowest BCUT2D eigenvalue weighted by molar-refractivity contribution is -0.132. The molecule has 28 heavy (non-hydrogen) atoms. The van der Waals surface area contributed by atoms with Crippen LogP contribution < -0.4 is 4.90 Å². The first-order chi connectivity index (χ1) is 13.7. The van der Waals surface area contributed by atoms with Crippen LogP contribution in [0.5, 0.6) is 0 Å². The van der Waals surface area contributed by atoms with Crippen LogP contribution in [0.2, 0.25) is 0 Å². The van der Waals surface area contributed by atoms with Crippen molar-refractivity contribution in [2.24, 2.45) is 0 Å². The van der Waals surface area contributed by atoms with Gasteiger partial charge in [-0.15, -0.1) is 0 Å². The minimum atomic E-state index is 0.0114. The number of carbonyl (C=O) groups excluding carboxylic acids is 2. The van der Waals surface area contributed by atoms with E-state index in [4.69, 9.17) is 0 Å². The molecule has 3 saturated heterocycles. The first-order valence-corrected chi connectivity index (χ1v) is 10.8. The second-order valence-corrected chi connectivity index (χ2v) is 8.20. The fourth-order valence-electron chi connectivity index (χ4n) is 4.72. The Bertz CT molecular complexity index is 666. The number of hydrogen-bond donors (Lipinski definition) is 0. The number of benzene rings is 1. The van der Waals surface area contributed by atoms with E-state index in [0.717, 1.165) is 77.3 Å². The Morgan fingerprint density at radius 1 is 0.893 bits per heavy atom. The average molecular weight is 385 g/mol. The molecule has 0 spiro atoms. The molecule has 6 heteroatoms. The van der Waals surface area contributed by atoms with Gasteiger partial charge in [-0.1, -0.05) is 18.2 Å². The topological polar surface area (TPSA) is 47.1 Å². The van der Waals surface area contributed by atoms with Crippen molar-refractivity contribution in [2.75, 3.05) is 57.3 Å². The van der Waals surface area contributed by atoms with E-state index in [0.29, 0.717) is 12.3 Å². The highest BCUT2D eigenvalue weighted by molar-refractivity contribution is 5.99. The van der Waals surface area contributed by atoms with Crippen LogP contribution in [-0.4, -0.2) is 84.9 Å². The van der Waals surface area contributed by atoms with E-state index in [2.05, 4.69) is 9.80 Å². The number of nitrogens with zero attached hydrogens (tertiary/aromatic N) is 4. The number of likely N-dealkylation sites (tertiary alicyclic amines) is 1. The number of rotatable bonds is 5. The van der Waals surface area contributed by atoms with Crippen molar-refractivity contribution in [1.82, 2.24) is 14.7 Å². The van der Waals surface area contributed by atoms with Gasteiger partial charge in [-0.2, -0.15) is 0 Å². The molecule has 0 aliphatic carbocycles. The second kappa shape index (κ2) is 9.05. The predicted octanol–water partition coefficient (Wildman–Crippen LogP) is 1.81. The zero-order valence-electron chi connectivity index (χ0n) is 16.8. The lowest BCUT2D eigenvalue weighted by Gasteiger charge is -2.37. The Labute approximate surface area is 168 Å². The maximum Gasteiger partial charge on any atom is 0.244 e. The molecule has 4 rings (SSSR count). The summed E-state index contributed by atoms with van der Waals surface area (Å²) < 4.78 is 0. The Balaban J connectivity index is 1.22. The largest absolute Gasteiger partial charge is 0.343 e. The summed E-state index contributed by atoms with van der Waals surface area (Å²) in [4.78, 5) is 33.9. The van der Waals surface area contributed by atoms with Crippen molar-refractivity contribution in [3.05, 3.63) is 30.3 Å². The third-order valence-corrected chi connectivity index (χ3v) is 6.44. The summed E-state index contributed by atoms with van der Waals surface area (Å²) in [5.74, 6) is 0.548. The fourth-order valence-corrected chi connectivity index (χ4v) is 4.72. The van der Waals surface area contributed by atoms with Gasteiger partial charge < -0.3 is 14.7 Å². The summed E-state index contributed by atoms with van der Waals surface area (Å²) in [6.45, 7) is 7.25. The fraction of sp³-hybridized carbons (Fsp3) is 0.636. The molecular formula is C22H32N4O2. The van der Waals surface area contributed by atoms with E-state index in [1.807, 2.05) is 40.1 Å². The highest BCUT2D eigenvalue weighted by Gasteiger charge is 2.37. The van der Waals surface area contributed by atoms with Crippen molar-refractivity contribution < 1.29 is 9.59 Å². The standard InChI is InChI=1S/C22H32N4O2/c27-21(25-11-5-2-6-12-25)10-13-23-15-17-24(18-16-23)20-9-14-26(22(20)28)19-7-3-1-4-8-19/h1,3-4,7-8,20H,2,5-6,9-18H2. The lowest BCUT2D eigenvalue weighted by atomic mass is 10.1. The van der Waals surface area contributed by atoms with Gasteiger partial charge in [0.2, 0.25) is 11.8 Å². The van der Waals surface area contributed by atoms with Crippen molar-refractivity contribution in [1.29, 1.82) is 0 Å². The Morgan fingerprint density at radius 3 is 2.32 bits per heavy atom. The molecule has 0 radical (unpaired) electrons. The molecule has 3 fully saturated rings. The maximum absolute atomic E-state index is 12.9. The normalized spacial score (nSPS) is 24.7. The van der Waals surface area contributed by atoms with Gasteiger partial charge >= 0.3 is 0 Å². The van der Waals surface area contributed by atoms with E-state index < -0.39 is 0 Å². The molecule has 3 heterocycles. The van der Waals surface area contributed by atoms with Crippen molar-refractivity contribution in [3.8, 4) is 0 Å². The molecule has 2 amide bonds. The van der Waals surface area contributed by atoms with Crippen LogP contribution in [-0.2, 0) is 9.59 Å². The molecule has 6 nitrogen and oxygen atoms in total. The summed E-state index contributed by atoms with van der Waals surface area (Å²) in [6.07, 6.45) is 5.10. The Hall–Kier alpha value is -1.92. The molecule has 1 atom stereocenters. The van der Waals surface area contributed by atoms with Crippen molar-refractivity contribution >= 4 is 17.5 Å². The van der Waals surface area contributed by atoms with E-state index in [1.165, 1.54) is 6.42 Å². The van der Waals surface area contributed by atoms with E-state index in [9.17, 15) is 9.59 Å². The number of hydrogen-bond acceptors (Lipinski definition) is 4. The lowest BCUT2D eigenvalue weighted by Crippen LogP contribution is -2.53. The first kappa shape index (κ1) is 19.4. The monoisotopic (exact) mass is 384 g/mol. The average Bonchev–Trinajstić information content (AvgIpc) is 3.15. The molecular weight excluding hydrogens is 352 g/mol. The highest BCUT2D eigenvalue weighted by atomic mass is 16.2. The third-order valence-electron chi connectivity index (χ3n) is 6.44. The highest BCUT2D eigenvalue weighted by Crippen LogP contribution is 2.25. The summed E-state index contributed by atoms with van der Waals surface area (Å²) >= 11 is 0. The molecule has 1 unspecified atom stereocenters. The molecule has 0 N–H and O–H groups in total. The number of piperazine rings is 1. The minimum absolute atomic E-state index is 0.0114. The number of carbonyl (C=O) groups is 2. The third kappa shape index (κ3) is 4.39. The predicted molar refractivity (Wildman–Crippen MR) is 110 cm³/mol. The second-order valence-electron chi connectivity index (χ2n) is 8.20. The summed E-state index contributed by atoms with van der Waals surface area (Å²) in [5.41, 5.74) is 1.00. The smallest absolute Gasteiger partial charge is 0.244 e. The van der Waals surface area contributed by atoms with Gasteiger partial charge in [0.05, 0.1) is 6.04 Å². The molecule has 3 aliphatic heterocycles. The van der Waals surface area contributed by atoms with Crippen LogP contribution in [0.25, 0.3) is 0 Å². The van der Waals surface area contributed by atoms with E-state index in [1.54, 1.807) is 0 Å². The van der Waals surface area contributed by atoms with Crippen molar-refractivity contribution in [2.45, 2.75) is 38.1 Å². The minimum Gasteiger partial charge on any atom is -0.343 e. The summed E-state index contributed by atoms with van der Waals surface area (Å²) in [7, 11) is 0. The maximum atomic E-state index is 12.9. The number of para-hydroxylation sites is 1. The molecule has 152 valence electrons. The van der Waals surface area contributed by atoms with Crippen LogP contribution in [0.1, 0.15) is 32.1 Å². The van der Waals surface area contributed by atoms with Crippen LogP contribution in [0, 0.1) is 0 Å². The van der Waals surface area contributed by atoms with Gasteiger partial charge in [-0.3, -0.25) is 14.5 Å². The van der Waals surface area contributed by atoms with Crippen LogP contribution >= 0.6 is 0 Å². The van der Waals surface area contributed by atoms with Crippen molar-refractivity contribution in [3.63, 3.8) is 0 Å². The van der Waals surface area contributed by atoms with Gasteiger partial charge in [0.1, 0.15) is 0 Å². The first-order valence-electron chi connectivity index (χ1n) is 10.8. The van der Waals surface area contributed by atoms with Gasteiger partial charge in [0.15, 0.2) is 0 Å².